The van der Waals surface area contributed by atoms with E-state index in [1.54, 1.807) is 11.8 Å². The van der Waals surface area contributed by atoms with E-state index in [0.29, 0.717) is 0 Å². The molecule has 2 heteroatoms. The van der Waals surface area contributed by atoms with Crippen LogP contribution >= 0.6 is 11.8 Å². The number of hydrogen-bond donors (Lipinski definition) is 0. The predicted molar refractivity (Wildman–Crippen MR) is 63.9 cm³/mol. The van der Waals surface area contributed by atoms with Gasteiger partial charge in [-0.15, -0.1) is 11.8 Å². The van der Waals surface area contributed by atoms with Crippen LogP contribution in [0.15, 0.2) is 29.2 Å². The molecular formula is C11H19NS. The van der Waals surface area contributed by atoms with E-state index in [9.17, 15) is 0 Å². The van der Waals surface area contributed by atoms with Crippen molar-refractivity contribution in [3.05, 3.63) is 24.3 Å². The molecule has 1 aromatic carbocycles. The SMILES string of the molecule is CC.CSc1ccccc1N(C)C. The van der Waals surface area contributed by atoms with Crippen LogP contribution in [0, 0.1) is 0 Å². The van der Waals surface area contributed by atoms with E-state index >= 15 is 0 Å². The third-order valence-electron chi connectivity index (χ3n) is 1.57. The summed E-state index contributed by atoms with van der Waals surface area (Å²) in [5, 5.41) is 0. The van der Waals surface area contributed by atoms with Crippen LogP contribution in [0.3, 0.4) is 0 Å². The monoisotopic (exact) mass is 197 g/mol. The van der Waals surface area contributed by atoms with E-state index in [0.717, 1.165) is 0 Å². The Kier molecular flexibility index (Phi) is 6.51. The second-order valence-corrected chi connectivity index (χ2v) is 3.41. The highest BCUT2D eigenvalue weighted by atomic mass is 32.2. The van der Waals surface area contributed by atoms with Gasteiger partial charge in [-0.25, -0.2) is 0 Å². The zero-order chi connectivity index (χ0) is 10.3. The predicted octanol–water partition coefficient (Wildman–Crippen LogP) is 3.50. The molecular weight excluding hydrogens is 178 g/mol. The maximum absolute atomic E-state index is 2.14. The first-order valence-electron chi connectivity index (χ1n) is 4.56. The van der Waals surface area contributed by atoms with E-state index in [2.05, 4.69) is 49.5 Å². The summed E-state index contributed by atoms with van der Waals surface area (Å²) in [6, 6.07) is 8.40. The van der Waals surface area contributed by atoms with Crippen molar-refractivity contribution in [3.8, 4) is 0 Å². The van der Waals surface area contributed by atoms with E-state index in [1.807, 2.05) is 13.8 Å². The molecule has 74 valence electrons. The van der Waals surface area contributed by atoms with Gasteiger partial charge >= 0.3 is 0 Å². The third kappa shape index (κ3) is 3.73. The molecule has 0 aliphatic carbocycles. The fourth-order valence-electron chi connectivity index (χ4n) is 0.999. The molecule has 0 aliphatic heterocycles. The molecule has 0 fully saturated rings. The summed E-state index contributed by atoms with van der Waals surface area (Å²) in [7, 11) is 4.13. The van der Waals surface area contributed by atoms with E-state index < -0.39 is 0 Å². The highest BCUT2D eigenvalue weighted by molar-refractivity contribution is 7.98. The van der Waals surface area contributed by atoms with Crippen molar-refractivity contribution in [2.45, 2.75) is 18.7 Å². The number of para-hydroxylation sites is 1. The lowest BCUT2D eigenvalue weighted by Gasteiger charge is -2.15. The number of thioether (sulfide) groups is 1. The first kappa shape index (κ1) is 12.4. The van der Waals surface area contributed by atoms with Crippen LogP contribution in [0.1, 0.15) is 13.8 Å². The quantitative estimate of drug-likeness (QED) is 0.668. The summed E-state index contributed by atoms with van der Waals surface area (Å²) < 4.78 is 0. The normalized spacial score (nSPS) is 8.69. The maximum atomic E-state index is 2.14. The molecule has 0 saturated carbocycles. The van der Waals surface area contributed by atoms with Crippen molar-refractivity contribution in [1.29, 1.82) is 0 Å². The minimum absolute atomic E-state index is 1.29. The zero-order valence-electron chi connectivity index (χ0n) is 9.16. The Labute approximate surface area is 86.1 Å². The molecule has 0 saturated heterocycles. The molecule has 1 nitrogen and oxygen atoms in total. The van der Waals surface area contributed by atoms with Crippen LogP contribution in [0.5, 0.6) is 0 Å². The van der Waals surface area contributed by atoms with Crippen molar-refractivity contribution in [2.24, 2.45) is 0 Å². The topological polar surface area (TPSA) is 3.24 Å². The summed E-state index contributed by atoms with van der Waals surface area (Å²) >= 11 is 1.78. The summed E-state index contributed by atoms with van der Waals surface area (Å²) in [5.74, 6) is 0. The van der Waals surface area contributed by atoms with Gasteiger partial charge in [0, 0.05) is 24.7 Å². The number of hydrogen-bond acceptors (Lipinski definition) is 2. The molecule has 0 amide bonds. The second kappa shape index (κ2) is 6.84. The van der Waals surface area contributed by atoms with Gasteiger partial charge in [0.1, 0.15) is 0 Å². The molecule has 0 bridgehead atoms. The summed E-state index contributed by atoms with van der Waals surface area (Å²) in [6.07, 6.45) is 2.10. The molecule has 1 aromatic rings. The molecule has 13 heavy (non-hydrogen) atoms. The van der Waals surface area contributed by atoms with Gasteiger partial charge in [-0.05, 0) is 18.4 Å². The third-order valence-corrected chi connectivity index (χ3v) is 2.35. The van der Waals surface area contributed by atoms with Crippen LogP contribution in [-0.2, 0) is 0 Å². The Balaban J connectivity index is 0.000000671. The van der Waals surface area contributed by atoms with Crippen molar-refractivity contribution >= 4 is 17.4 Å². The van der Waals surface area contributed by atoms with Crippen molar-refractivity contribution in [1.82, 2.24) is 0 Å². The Morgan fingerprint density at radius 1 is 1.08 bits per heavy atom. The smallest absolute Gasteiger partial charge is 0.0499 e. The fourth-order valence-corrected chi connectivity index (χ4v) is 1.67. The lowest BCUT2D eigenvalue weighted by atomic mass is 10.3. The van der Waals surface area contributed by atoms with Crippen molar-refractivity contribution in [2.75, 3.05) is 25.3 Å². The van der Waals surface area contributed by atoms with Gasteiger partial charge in [-0.2, -0.15) is 0 Å². The largest absolute Gasteiger partial charge is 0.377 e. The lowest BCUT2D eigenvalue weighted by molar-refractivity contribution is 1.10. The van der Waals surface area contributed by atoms with E-state index in [1.165, 1.54) is 10.6 Å². The number of anilines is 1. The number of rotatable bonds is 2. The highest BCUT2D eigenvalue weighted by Crippen LogP contribution is 2.26. The fraction of sp³-hybridized carbons (Fsp3) is 0.455. The second-order valence-electron chi connectivity index (χ2n) is 2.57. The number of nitrogens with zero attached hydrogens (tertiary/aromatic N) is 1. The average Bonchev–Trinajstić information content (AvgIpc) is 2.20. The van der Waals surface area contributed by atoms with Crippen molar-refractivity contribution < 1.29 is 0 Å². The van der Waals surface area contributed by atoms with Gasteiger partial charge in [0.05, 0.1) is 0 Å². The minimum Gasteiger partial charge on any atom is -0.377 e. The van der Waals surface area contributed by atoms with Crippen molar-refractivity contribution in [3.63, 3.8) is 0 Å². The molecule has 0 heterocycles. The maximum Gasteiger partial charge on any atom is 0.0499 e. The average molecular weight is 197 g/mol. The Bertz CT molecular complexity index is 233. The van der Waals surface area contributed by atoms with Crippen LogP contribution in [0.2, 0.25) is 0 Å². The molecule has 0 aromatic heterocycles. The van der Waals surface area contributed by atoms with E-state index in [4.69, 9.17) is 0 Å². The molecule has 0 unspecified atom stereocenters. The molecule has 0 radical (unpaired) electrons. The van der Waals surface area contributed by atoms with Gasteiger partial charge in [0.25, 0.3) is 0 Å². The molecule has 0 N–H and O–H groups in total. The first-order chi connectivity index (χ1) is 6.25. The standard InChI is InChI=1S/C9H13NS.C2H6/c1-10(2)8-6-4-5-7-9(8)11-3;1-2/h4-7H,1-3H3;1-2H3. The van der Waals surface area contributed by atoms with Crippen LogP contribution in [0.4, 0.5) is 5.69 Å². The summed E-state index contributed by atoms with van der Waals surface area (Å²) in [5.41, 5.74) is 1.29. The highest BCUT2D eigenvalue weighted by Gasteiger charge is 1.99. The Hall–Kier alpha value is -0.630. The minimum atomic E-state index is 1.29. The van der Waals surface area contributed by atoms with Gasteiger partial charge < -0.3 is 4.90 Å². The first-order valence-corrected chi connectivity index (χ1v) is 5.78. The Morgan fingerprint density at radius 2 is 1.62 bits per heavy atom. The molecule has 0 atom stereocenters. The zero-order valence-corrected chi connectivity index (χ0v) is 9.98. The van der Waals surface area contributed by atoms with Gasteiger partial charge in [-0.3, -0.25) is 0 Å². The Morgan fingerprint density at radius 3 is 2.00 bits per heavy atom. The van der Waals surface area contributed by atoms with Gasteiger partial charge in [0.15, 0.2) is 0 Å². The molecule has 1 rings (SSSR count). The number of benzene rings is 1. The van der Waals surface area contributed by atoms with Crippen LogP contribution in [0.25, 0.3) is 0 Å². The van der Waals surface area contributed by atoms with Crippen LogP contribution < -0.4 is 4.90 Å². The van der Waals surface area contributed by atoms with E-state index in [-0.39, 0.29) is 0 Å². The summed E-state index contributed by atoms with van der Waals surface area (Å²) in [6.45, 7) is 4.00. The molecule has 0 aliphatic rings. The summed E-state index contributed by atoms with van der Waals surface area (Å²) in [4.78, 5) is 3.46. The van der Waals surface area contributed by atoms with Crippen LogP contribution in [-0.4, -0.2) is 20.4 Å². The molecule has 0 spiro atoms. The van der Waals surface area contributed by atoms with Gasteiger partial charge in [0.2, 0.25) is 0 Å². The van der Waals surface area contributed by atoms with Gasteiger partial charge in [-0.1, -0.05) is 26.0 Å². The lowest BCUT2D eigenvalue weighted by Crippen LogP contribution is -2.09.